The molecule has 0 atom stereocenters. The van der Waals surface area contributed by atoms with Crippen molar-refractivity contribution < 1.29 is 29.1 Å². The molecule has 98 valence electrons. The average molecular weight is 261 g/mol. The standard InChI is InChI=1S/C13H11NO5/c15-10-6-7-14(10)11(12(16)17)13(18)19-8-9-4-2-1-3-5-9/h1-5,7H,6,8H2,(H-,16,17,18)/b13-11+. The predicted octanol–water partition coefficient (Wildman–Crippen LogP) is -0.169. The van der Waals surface area contributed by atoms with Crippen LogP contribution in [0.15, 0.2) is 42.0 Å². The van der Waals surface area contributed by atoms with E-state index in [4.69, 9.17) is 9.84 Å². The summed E-state index contributed by atoms with van der Waals surface area (Å²) in [4.78, 5) is 22.1. The van der Waals surface area contributed by atoms with Crippen LogP contribution in [-0.4, -0.2) is 27.8 Å². The summed E-state index contributed by atoms with van der Waals surface area (Å²) in [6.07, 6.45) is 1.46. The number of amides is 1. The van der Waals surface area contributed by atoms with E-state index in [0.717, 1.165) is 10.1 Å². The molecular weight excluding hydrogens is 250 g/mol. The lowest BCUT2D eigenvalue weighted by atomic mass is 10.2. The van der Waals surface area contributed by atoms with Crippen molar-refractivity contribution in [2.75, 3.05) is 0 Å². The molecule has 0 aliphatic carbocycles. The molecular formula is C13H11NO5. The normalized spacial score (nSPS) is 15.2. The maximum absolute atomic E-state index is 11.7. The molecule has 1 amide bonds. The second kappa shape index (κ2) is 5.34. The van der Waals surface area contributed by atoms with E-state index in [2.05, 4.69) is 0 Å². The Labute approximate surface area is 108 Å². The van der Waals surface area contributed by atoms with Crippen LogP contribution in [0.3, 0.4) is 0 Å². The quantitative estimate of drug-likeness (QED) is 0.451. The van der Waals surface area contributed by atoms with Gasteiger partial charge < -0.3 is 14.9 Å². The van der Waals surface area contributed by atoms with Crippen LogP contribution >= 0.6 is 0 Å². The summed E-state index contributed by atoms with van der Waals surface area (Å²) < 4.78 is 5.69. The summed E-state index contributed by atoms with van der Waals surface area (Å²) >= 11 is 0. The zero-order chi connectivity index (χ0) is 13.8. The Hall–Kier alpha value is -2.63. The first-order valence-electron chi connectivity index (χ1n) is 5.56. The SMILES string of the molecule is O=C(O)/C(=C(/[O-])OCc1ccccc1)[N+]1=CCC1=O. The maximum Gasteiger partial charge on any atom is 0.403 e. The zero-order valence-corrected chi connectivity index (χ0v) is 9.91. The molecule has 6 heteroatoms. The number of ether oxygens (including phenoxy) is 1. The van der Waals surface area contributed by atoms with E-state index < -0.39 is 23.5 Å². The molecule has 0 saturated carbocycles. The van der Waals surface area contributed by atoms with Gasteiger partial charge in [0.25, 0.3) is 0 Å². The summed E-state index contributed by atoms with van der Waals surface area (Å²) in [7, 11) is 0. The summed E-state index contributed by atoms with van der Waals surface area (Å²) in [6, 6.07) is 8.85. The van der Waals surface area contributed by atoms with Crippen LogP contribution in [0.1, 0.15) is 12.0 Å². The van der Waals surface area contributed by atoms with E-state index in [9.17, 15) is 14.7 Å². The summed E-state index contributed by atoms with van der Waals surface area (Å²) in [5.41, 5.74) is 0.0617. The summed E-state index contributed by atoms with van der Waals surface area (Å²) in [5.74, 6) is -2.95. The first kappa shape index (κ1) is 12.8. The Balaban J connectivity index is 2.14. The Morgan fingerprint density at radius 3 is 2.53 bits per heavy atom. The molecule has 0 saturated heterocycles. The Morgan fingerprint density at radius 2 is 2.05 bits per heavy atom. The van der Waals surface area contributed by atoms with Gasteiger partial charge in [0.15, 0.2) is 12.6 Å². The molecule has 0 radical (unpaired) electrons. The van der Waals surface area contributed by atoms with Crippen LogP contribution in [0.4, 0.5) is 0 Å². The highest BCUT2D eigenvalue weighted by Gasteiger charge is 2.36. The van der Waals surface area contributed by atoms with Crippen molar-refractivity contribution in [2.24, 2.45) is 0 Å². The van der Waals surface area contributed by atoms with Gasteiger partial charge in [-0.25, -0.2) is 9.59 Å². The van der Waals surface area contributed by atoms with Crippen molar-refractivity contribution in [2.45, 2.75) is 13.0 Å². The van der Waals surface area contributed by atoms with Crippen LogP contribution in [0, 0.1) is 0 Å². The lowest BCUT2D eigenvalue weighted by Crippen LogP contribution is -2.37. The number of carboxylic acid groups (broad SMARTS) is 1. The number of aliphatic carboxylic acids is 1. The number of carboxylic acids is 1. The third-order valence-electron chi connectivity index (χ3n) is 2.57. The van der Waals surface area contributed by atoms with Crippen LogP contribution in [0.25, 0.3) is 0 Å². The highest BCUT2D eigenvalue weighted by atomic mass is 16.6. The molecule has 6 nitrogen and oxygen atoms in total. The van der Waals surface area contributed by atoms with E-state index >= 15 is 0 Å². The van der Waals surface area contributed by atoms with Gasteiger partial charge in [-0.05, 0) is 5.56 Å². The summed E-state index contributed by atoms with van der Waals surface area (Å²) in [6.45, 7) is -0.0432. The Kier molecular flexibility index (Phi) is 3.61. The van der Waals surface area contributed by atoms with E-state index in [1.807, 2.05) is 6.07 Å². The minimum absolute atomic E-state index is 0.0432. The number of rotatable bonds is 5. The number of nitrogens with zero attached hydrogens (tertiary/aromatic N) is 1. The van der Waals surface area contributed by atoms with E-state index in [1.165, 1.54) is 6.21 Å². The minimum Gasteiger partial charge on any atom is -0.604 e. The molecule has 0 bridgehead atoms. The molecule has 1 aromatic carbocycles. The lowest BCUT2D eigenvalue weighted by molar-refractivity contribution is -0.441. The van der Waals surface area contributed by atoms with Crippen LogP contribution < -0.4 is 5.11 Å². The molecule has 1 N–H and O–H groups in total. The van der Waals surface area contributed by atoms with Gasteiger partial charge in [-0.3, -0.25) is 0 Å². The fourth-order valence-corrected chi connectivity index (χ4v) is 1.55. The second-order valence-electron chi connectivity index (χ2n) is 3.87. The maximum atomic E-state index is 11.7. The molecule has 1 aromatic rings. The first-order chi connectivity index (χ1) is 9.09. The number of hydrogen-bond acceptors (Lipinski definition) is 4. The van der Waals surface area contributed by atoms with E-state index in [0.29, 0.717) is 0 Å². The van der Waals surface area contributed by atoms with Gasteiger partial charge in [0.05, 0.1) is 0 Å². The Morgan fingerprint density at radius 1 is 1.37 bits per heavy atom. The largest absolute Gasteiger partial charge is 0.604 e. The molecule has 2 rings (SSSR count). The Bertz CT molecular complexity index is 574. The number of hydrogen-bond donors (Lipinski definition) is 1. The molecule has 0 aromatic heterocycles. The third kappa shape index (κ3) is 2.79. The monoisotopic (exact) mass is 261 g/mol. The average Bonchev–Trinajstić information content (AvgIpc) is 2.41. The van der Waals surface area contributed by atoms with Crippen molar-refractivity contribution >= 4 is 18.1 Å². The van der Waals surface area contributed by atoms with Gasteiger partial charge in [0.1, 0.15) is 5.95 Å². The zero-order valence-electron chi connectivity index (χ0n) is 9.91. The highest BCUT2D eigenvalue weighted by Crippen LogP contribution is 2.11. The van der Waals surface area contributed by atoms with Gasteiger partial charge in [-0.15, -0.1) is 4.58 Å². The van der Waals surface area contributed by atoms with Gasteiger partial charge in [-0.1, -0.05) is 30.3 Å². The van der Waals surface area contributed by atoms with Gasteiger partial charge in [0, 0.05) is 6.61 Å². The molecule has 1 aliphatic rings. The van der Waals surface area contributed by atoms with Gasteiger partial charge >= 0.3 is 17.6 Å². The fraction of sp³-hybridized carbons (Fsp3) is 0.154. The van der Waals surface area contributed by atoms with Gasteiger partial charge in [-0.2, -0.15) is 0 Å². The number of benzene rings is 1. The number of carbonyl (C=O) groups excluding carboxylic acids is 1. The molecule has 19 heavy (non-hydrogen) atoms. The third-order valence-corrected chi connectivity index (χ3v) is 2.57. The first-order valence-corrected chi connectivity index (χ1v) is 5.56. The van der Waals surface area contributed by atoms with Crippen molar-refractivity contribution in [3.8, 4) is 0 Å². The van der Waals surface area contributed by atoms with Crippen LogP contribution in [0.2, 0.25) is 0 Å². The van der Waals surface area contributed by atoms with E-state index in [1.54, 1.807) is 24.3 Å². The van der Waals surface area contributed by atoms with Gasteiger partial charge in [0.2, 0.25) is 0 Å². The van der Waals surface area contributed by atoms with Crippen LogP contribution in [-0.2, 0) is 20.9 Å². The lowest BCUT2D eigenvalue weighted by Gasteiger charge is -2.17. The molecule has 1 aliphatic heterocycles. The summed E-state index contributed by atoms with van der Waals surface area (Å²) in [5, 5.41) is 20.6. The molecule has 0 spiro atoms. The van der Waals surface area contributed by atoms with Crippen molar-refractivity contribution in [1.82, 2.24) is 0 Å². The fourth-order valence-electron chi connectivity index (χ4n) is 1.55. The topological polar surface area (TPSA) is 89.7 Å². The second-order valence-corrected chi connectivity index (χ2v) is 3.87. The predicted molar refractivity (Wildman–Crippen MR) is 61.8 cm³/mol. The van der Waals surface area contributed by atoms with E-state index in [-0.39, 0.29) is 13.0 Å². The van der Waals surface area contributed by atoms with Crippen molar-refractivity contribution in [3.05, 3.63) is 47.5 Å². The smallest absolute Gasteiger partial charge is 0.403 e. The number of carbonyl (C=O) groups is 2. The van der Waals surface area contributed by atoms with Crippen molar-refractivity contribution in [3.63, 3.8) is 0 Å². The highest BCUT2D eigenvalue weighted by molar-refractivity contribution is 5.97. The molecule has 0 unspecified atom stereocenters. The van der Waals surface area contributed by atoms with Crippen LogP contribution in [0.5, 0.6) is 0 Å². The van der Waals surface area contributed by atoms with Crippen molar-refractivity contribution in [1.29, 1.82) is 0 Å². The molecule has 0 fully saturated rings. The minimum atomic E-state index is -1.48. The molecule has 1 heterocycles.